The summed E-state index contributed by atoms with van der Waals surface area (Å²) >= 11 is 0. The molecule has 2 aliphatic rings. The van der Waals surface area contributed by atoms with E-state index in [0.717, 1.165) is 70.9 Å². The number of amides is 1. The maximum Gasteiger partial charge on any atom is 0.234 e. The molecule has 2 fully saturated rings. The van der Waals surface area contributed by atoms with Gasteiger partial charge in [-0.3, -0.25) is 9.69 Å². The number of nitriles is 1. The third kappa shape index (κ3) is 5.90. The fourth-order valence-electron chi connectivity index (χ4n) is 4.26. The summed E-state index contributed by atoms with van der Waals surface area (Å²) in [4.78, 5) is 16.0. The number of benzene rings is 1. The van der Waals surface area contributed by atoms with Crippen LogP contribution in [0.4, 0.5) is 14.5 Å². The van der Waals surface area contributed by atoms with Crippen LogP contribution in [0.1, 0.15) is 38.5 Å². The van der Waals surface area contributed by atoms with Gasteiger partial charge in [-0.2, -0.15) is 5.26 Å². The number of hydrogen-bond donors (Lipinski definition) is 1. The predicted molar refractivity (Wildman–Crippen MR) is 104 cm³/mol. The second-order valence-corrected chi connectivity index (χ2v) is 7.87. The number of hydrogen-bond acceptors (Lipinski definition) is 4. The molecule has 1 amide bonds. The zero-order valence-corrected chi connectivity index (χ0v) is 16.2. The van der Waals surface area contributed by atoms with Gasteiger partial charge in [0.15, 0.2) is 0 Å². The molecule has 1 aromatic rings. The van der Waals surface area contributed by atoms with Crippen LogP contribution in [0.5, 0.6) is 0 Å². The van der Waals surface area contributed by atoms with Crippen molar-refractivity contribution in [3.05, 3.63) is 29.8 Å². The number of nitrogens with one attached hydrogen (secondary N) is 1. The molecule has 1 N–H and O–H groups in total. The standard InChI is InChI=1S/C21H28F2N4O/c22-17-13-18(23)15-20(14-17)27-11-9-26(10-12-27)8-6-16-1-3-19(4-2-16)25-21(28)5-7-24/h13-16,19H,1-6,8-12H2,(H,25,28)/t16-,19-. The fraction of sp³-hybridized carbons (Fsp3) is 0.619. The molecule has 0 unspecified atom stereocenters. The number of carbonyl (C=O) groups excluding carboxylic acids is 1. The first-order chi connectivity index (χ1) is 13.5. The fourth-order valence-corrected chi connectivity index (χ4v) is 4.26. The van der Waals surface area contributed by atoms with Gasteiger partial charge in [-0.25, -0.2) is 8.78 Å². The van der Waals surface area contributed by atoms with Crippen molar-refractivity contribution in [1.82, 2.24) is 10.2 Å². The molecule has 1 aliphatic heterocycles. The molecular formula is C21H28F2N4O. The minimum Gasteiger partial charge on any atom is -0.369 e. The van der Waals surface area contributed by atoms with Crippen molar-refractivity contribution in [2.45, 2.75) is 44.6 Å². The second kappa shape index (κ2) is 9.83. The maximum absolute atomic E-state index is 13.4. The summed E-state index contributed by atoms with van der Waals surface area (Å²) in [6.45, 7) is 4.40. The summed E-state index contributed by atoms with van der Waals surface area (Å²) in [6, 6.07) is 5.80. The normalized spacial score (nSPS) is 23.2. The topological polar surface area (TPSA) is 59.4 Å². The Hall–Kier alpha value is -2.20. The molecule has 1 heterocycles. The minimum absolute atomic E-state index is 0.0613. The van der Waals surface area contributed by atoms with Gasteiger partial charge in [-0.1, -0.05) is 0 Å². The lowest BCUT2D eigenvalue weighted by Gasteiger charge is -2.37. The van der Waals surface area contributed by atoms with Crippen LogP contribution in [0.25, 0.3) is 0 Å². The number of nitrogens with zero attached hydrogens (tertiary/aromatic N) is 3. The highest BCUT2D eigenvalue weighted by atomic mass is 19.1. The zero-order valence-electron chi connectivity index (χ0n) is 16.2. The van der Waals surface area contributed by atoms with Gasteiger partial charge in [-0.15, -0.1) is 0 Å². The van der Waals surface area contributed by atoms with Gasteiger partial charge in [0.05, 0.1) is 6.07 Å². The van der Waals surface area contributed by atoms with E-state index in [1.54, 1.807) is 0 Å². The van der Waals surface area contributed by atoms with Gasteiger partial charge < -0.3 is 10.2 Å². The monoisotopic (exact) mass is 390 g/mol. The molecule has 0 atom stereocenters. The second-order valence-electron chi connectivity index (χ2n) is 7.87. The molecule has 5 nitrogen and oxygen atoms in total. The van der Waals surface area contributed by atoms with Crippen molar-refractivity contribution in [3.8, 4) is 6.07 Å². The Labute approximate surface area is 165 Å². The van der Waals surface area contributed by atoms with E-state index in [2.05, 4.69) is 10.2 Å². The molecule has 0 spiro atoms. The highest BCUT2D eigenvalue weighted by molar-refractivity contribution is 5.78. The van der Waals surface area contributed by atoms with E-state index in [9.17, 15) is 13.6 Å². The smallest absolute Gasteiger partial charge is 0.234 e. The van der Waals surface area contributed by atoms with E-state index in [1.165, 1.54) is 12.1 Å². The van der Waals surface area contributed by atoms with E-state index in [1.807, 2.05) is 11.0 Å². The van der Waals surface area contributed by atoms with Crippen LogP contribution in [0.15, 0.2) is 18.2 Å². The zero-order chi connectivity index (χ0) is 19.9. The Morgan fingerprint density at radius 1 is 1.07 bits per heavy atom. The summed E-state index contributed by atoms with van der Waals surface area (Å²) < 4.78 is 26.8. The Bertz CT molecular complexity index is 685. The first kappa shape index (κ1) is 20.5. The van der Waals surface area contributed by atoms with Crippen molar-refractivity contribution in [2.24, 2.45) is 5.92 Å². The van der Waals surface area contributed by atoms with Crippen LogP contribution in [-0.4, -0.2) is 49.6 Å². The van der Waals surface area contributed by atoms with Crippen LogP contribution >= 0.6 is 0 Å². The van der Waals surface area contributed by atoms with Crippen LogP contribution in [-0.2, 0) is 4.79 Å². The lowest BCUT2D eigenvalue weighted by molar-refractivity contribution is -0.121. The van der Waals surface area contributed by atoms with Gasteiger partial charge in [0.25, 0.3) is 0 Å². The van der Waals surface area contributed by atoms with Crippen molar-refractivity contribution in [1.29, 1.82) is 5.26 Å². The molecule has 0 radical (unpaired) electrons. The molecule has 152 valence electrons. The van der Waals surface area contributed by atoms with Gasteiger partial charge in [0, 0.05) is 44.0 Å². The maximum atomic E-state index is 13.4. The molecule has 3 rings (SSSR count). The van der Waals surface area contributed by atoms with Crippen molar-refractivity contribution in [2.75, 3.05) is 37.6 Å². The van der Waals surface area contributed by atoms with E-state index < -0.39 is 11.6 Å². The molecule has 1 aromatic carbocycles. The van der Waals surface area contributed by atoms with Gasteiger partial charge in [0.2, 0.25) is 5.91 Å². The summed E-state index contributed by atoms with van der Waals surface area (Å²) in [5, 5.41) is 11.5. The number of piperazine rings is 1. The summed E-state index contributed by atoms with van der Waals surface area (Å²) in [5.41, 5.74) is 0.619. The lowest BCUT2D eigenvalue weighted by Crippen LogP contribution is -2.47. The van der Waals surface area contributed by atoms with Crippen molar-refractivity contribution >= 4 is 11.6 Å². The number of rotatable bonds is 6. The Morgan fingerprint density at radius 3 is 2.32 bits per heavy atom. The van der Waals surface area contributed by atoms with E-state index >= 15 is 0 Å². The lowest BCUT2D eigenvalue weighted by atomic mass is 9.84. The SMILES string of the molecule is N#CCC(=O)N[C@H]1CC[C@H](CCN2CCN(c3cc(F)cc(F)c3)CC2)CC1. The minimum atomic E-state index is -0.531. The van der Waals surface area contributed by atoms with E-state index in [-0.39, 0.29) is 18.4 Å². The molecule has 0 aromatic heterocycles. The Morgan fingerprint density at radius 2 is 1.71 bits per heavy atom. The van der Waals surface area contributed by atoms with E-state index in [0.29, 0.717) is 11.6 Å². The third-order valence-corrected chi connectivity index (χ3v) is 5.89. The number of anilines is 1. The predicted octanol–water partition coefficient (Wildman–Crippen LogP) is 3.07. The quantitative estimate of drug-likeness (QED) is 0.811. The number of halogens is 2. The average molecular weight is 390 g/mol. The van der Waals surface area contributed by atoms with Gasteiger partial charge in [0.1, 0.15) is 18.1 Å². The van der Waals surface area contributed by atoms with Crippen LogP contribution in [0, 0.1) is 28.9 Å². The number of carbonyl (C=O) groups is 1. The average Bonchev–Trinajstić information content (AvgIpc) is 2.67. The molecule has 1 saturated heterocycles. The van der Waals surface area contributed by atoms with E-state index in [4.69, 9.17) is 5.26 Å². The summed E-state index contributed by atoms with van der Waals surface area (Å²) in [6.07, 6.45) is 5.28. The first-order valence-corrected chi connectivity index (χ1v) is 10.1. The van der Waals surface area contributed by atoms with Crippen LogP contribution in [0.3, 0.4) is 0 Å². The molecule has 7 heteroatoms. The Kier molecular flexibility index (Phi) is 7.21. The molecule has 0 bridgehead atoms. The van der Waals surface area contributed by atoms with Crippen molar-refractivity contribution in [3.63, 3.8) is 0 Å². The van der Waals surface area contributed by atoms with Gasteiger partial charge >= 0.3 is 0 Å². The third-order valence-electron chi connectivity index (χ3n) is 5.89. The summed E-state index contributed by atoms with van der Waals surface area (Å²) in [5.74, 6) is -0.546. The highest BCUT2D eigenvalue weighted by Gasteiger charge is 2.24. The molecule has 1 aliphatic carbocycles. The largest absolute Gasteiger partial charge is 0.369 e. The Balaban J connectivity index is 1.35. The van der Waals surface area contributed by atoms with Gasteiger partial charge in [-0.05, 0) is 56.7 Å². The highest BCUT2D eigenvalue weighted by Crippen LogP contribution is 2.27. The molecule has 1 saturated carbocycles. The summed E-state index contributed by atoms with van der Waals surface area (Å²) in [7, 11) is 0. The molecular weight excluding hydrogens is 362 g/mol. The first-order valence-electron chi connectivity index (χ1n) is 10.1. The molecule has 28 heavy (non-hydrogen) atoms. The van der Waals surface area contributed by atoms with Crippen LogP contribution in [0.2, 0.25) is 0 Å². The van der Waals surface area contributed by atoms with Crippen LogP contribution < -0.4 is 10.2 Å². The van der Waals surface area contributed by atoms with Crippen molar-refractivity contribution < 1.29 is 13.6 Å².